The Labute approximate surface area is 220 Å². The second-order valence-corrected chi connectivity index (χ2v) is 9.36. The first kappa shape index (κ1) is 23.6. The fourth-order valence-corrected chi connectivity index (χ4v) is 4.84. The number of hydrogen-bond donors (Lipinski definition) is 1. The first-order valence-corrected chi connectivity index (χ1v) is 12.5. The van der Waals surface area contributed by atoms with Crippen molar-refractivity contribution in [1.82, 2.24) is 4.90 Å². The van der Waals surface area contributed by atoms with E-state index in [4.69, 9.17) is 9.15 Å². The lowest BCUT2D eigenvalue weighted by atomic mass is 10.0. The maximum atomic E-state index is 13.2. The molecule has 0 unspecified atom stereocenters. The Kier molecular flexibility index (Phi) is 6.14. The van der Waals surface area contributed by atoms with Crippen molar-refractivity contribution < 1.29 is 18.7 Å². The summed E-state index contributed by atoms with van der Waals surface area (Å²) in [4.78, 5) is 27.7. The van der Waals surface area contributed by atoms with E-state index < -0.39 is 0 Å². The molecule has 6 nitrogen and oxygen atoms in total. The molecule has 2 amide bonds. The summed E-state index contributed by atoms with van der Waals surface area (Å²) in [6, 6.07) is 30.5. The van der Waals surface area contributed by atoms with Gasteiger partial charge in [-0.2, -0.15) is 0 Å². The summed E-state index contributed by atoms with van der Waals surface area (Å²) < 4.78 is 11.4. The highest BCUT2D eigenvalue weighted by molar-refractivity contribution is 6.04. The molecule has 38 heavy (non-hydrogen) atoms. The van der Waals surface area contributed by atoms with Crippen molar-refractivity contribution in [3.8, 4) is 17.1 Å². The van der Waals surface area contributed by atoms with Gasteiger partial charge in [-0.15, -0.1) is 0 Å². The van der Waals surface area contributed by atoms with Gasteiger partial charge in [-0.1, -0.05) is 36.4 Å². The van der Waals surface area contributed by atoms with Gasteiger partial charge in [-0.3, -0.25) is 9.59 Å². The average molecular weight is 503 g/mol. The van der Waals surface area contributed by atoms with Gasteiger partial charge in [0.2, 0.25) is 0 Å². The number of nitrogens with zero attached hydrogens (tertiary/aromatic N) is 1. The summed E-state index contributed by atoms with van der Waals surface area (Å²) in [5, 5.41) is 5.09. The Morgan fingerprint density at radius 2 is 1.66 bits per heavy atom. The number of ether oxygens (including phenoxy) is 1. The molecule has 0 saturated heterocycles. The van der Waals surface area contributed by atoms with Crippen LogP contribution in [0.2, 0.25) is 0 Å². The fourth-order valence-electron chi connectivity index (χ4n) is 4.84. The minimum atomic E-state index is -0.207. The molecule has 2 heterocycles. The summed E-state index contributed by atoms with van der Waals surface area (Å²) in [7, 11) is 1.57. The Morgan fingerprint density at radius 1 is 0.842 bits per heavy atom. The number of methoxy groups -OCH3 is 1. The smallest absolute Gasteiger partial charge is 0.255 e. The number of nitrogens with one attached hydrogen (secondary N) is 1. The Hall–Kier alpha value is -4.84. The largest absolute Gasteiger partial charge is 0.497 e. The van der Waals surface area contributed by atoms with Gasteiger partial charge in [-0.25, -0.2) is 0 Å². The second kappa shape index (κ2) is 9.90. The van der Waals surface area contributed by atoms with Crippen molar-refractivity contribution in [2.24, 2.45) is 0 Å². The van der Waals surface area contributed by atoms with Crippen LogP contribution >= 0.6 is 0 Å². The van der Waals surface area contributed by atoms with Crippen molar-refractivity contribution >= 4 is 28.3 Å². The van der Waals surface area contributed by atoms with Crippen LogP contribution in [-0.4, -0.2) is 30.4 Å². The third-order valence-electron chi connectivity index (χ3n) is 6.91. The highest BCUT2D eigenvalue weighted by Crippen LogP contribution is 2.31. The summed E-state index contributed by atoms with van der Waals surface area (Å²) in [6.45, 7) is 1.13. The Balaban J connectivity index is 1.14. The monoisotopic (exact) mass is 502 g/mol. The van der Waals surface area contributed by atoms with Gasteiger partial charge in [0, 0.05) is 47.5 Å². The normalized spacial score (nSPS) is 12.7. The van der Waals surface area contributed by atoms with Crippen LogP contribution in [0.5, 0.6) is 5.75 Å². The zero-order valence-corrected chi connectivity index (χ0v) is 20.9. The SMILES string of the molecule is COc1cccc(C(=O)Nc2ccc(-c3cc4c(o3)CCN(C(=O)c3ccc5ccccc5c3)C4)cc2)c1. The highest BCUT2D eigenvalue weighted by atomic mass is 16.5. The molecule has 1 aliphatic rings. The summed E-state index contributed by atoms with van der Waals surface area (Å²) in [5.41, 5.74) is 3.84. The summed E-state index contributed by atoms with van der Waals surface area (Å²) in [5.74, 6) is 2.12. The van der Waals surface area contributed by atoms with Crippen LogP contribution in [0.15, 0.2) is 101 Å². The van der Waals surface area contributed by atoms with Gasteiger partial charge in [0.15, 0.2) is 0 Å². The summed E-state index contributed by atoms with van der Waals surface area (Å²) >= 11 is 0. The van der Waals surface area contributed by atoms with E-state index in [1.165, 1.54) is 0 Å². The van der Waals surface area contributed by atoms with Gasteiger partial charge in [0.1, 0.15) is 17.3 Å². The molecule has 0 saturated carbocycles. The van der Waals surface area contributed by atoms with E-state index in [-0.39, 0.29) is 11.8 Å². The van der Waals surface area contributed by atoms with E-state index in [0.717, 1.165) is 33.4 Å². The predicted molar refractivity (Wildman–Crippen MR) is 147 cm³/mol. The van der Waals surface area contributed by atoms with E-state index in [2.05, 4.69) is 5.32 Å². The van der Waals surface area contributed by atoms with Crippen molar-refractivity contribution in [3.05, 3.63) is 120 Å². The number of amides is 2. The number of fused-ring (bicyclic) bond motifs is 2. The minimum Gasteiger partial charge on any atom is -0.497 e. The second-order valence-electron chi connectivity index (χ2n) is 9.36. The van der Waals surface area contributed by atoms with Crippen LogP contribution in [0.4, 0.5) is 5.69 Å². The number of carbonyl (C=O) groups excluding carboxylic acids is 2. The minimum absolute atomic E-state index is 0.0280. The van der Waals surface area contributed by atoms with Crippen molar-refractivity contribution in [3.63, 3.8) is 0 Å². The lowest BCUT2D eigenvalue weighted by molar-refractivity contribution is 0.0730. The van der Waals surface area contributed by atoms with Crippen molar-refractivity contribution in [2.45, 2.75) is 13.0 Å². The maximum absolute atomic E-state index is 13.2. The molecule has 188 valence electrons. The molecule has 0 radical (unpaired) electrons. The zero-order chi connectivity index (χ0) is 26.1. The van der Waals surface area contributed by atoms with Gasteiger partial charge >= 0.3 is 0 Å². The zero-order valence-electron chi connectivity index (χ0n) is 20.9. The molecule has 6 rings (SSSR count). The molecule has 0 aliphatic carbocycles. The number of hydrogen-bond acceptors (Lipinski definition) is 4. The molecule has 1 N–H and O–H groups in total. The van der Waals surface area contributed by atoms with Gasteiger partial charge < -0.3 is 19.4 Å². The Bertz CT molecular complexity index is 1650. The van der Waals surface area contributed by atoms with Crippen LogP contribution in [0, 0.1) is 0 Å². The molecule has 5 aromatic rings. The van der Waals surface area contributed by atoms with Gasteiger partial charge in [0.05, 0.1) is 7.11 Å². The van der Waals surface area contributed by atoms with Crippen LogP contribution in [-0.2, 0) is 13.0 Å². The third kappa shape index (κ3) is 4.64. The molecule has 0 spiro atoms. The topological polar surface area (TPSA) is 71.8 Å². The summed E-state index contributed by atoms with van der Waals surface area (Å²) in [6.07, 6.45) is 0.670. The quantitative estimate of drug-likeness (QED) is 0.295. The van der Waals surface area contributed by atoms with E-state index in [0.29, 0.717) is 42.1 Å². The lowest BCUT2D eigenvalue weighted by Crippen LogP contribution is -2.35. The van der Waals surface area contributed by atoms with Crippen LogP contribution in [0.1, 0.15) is 32.0 Å². The molecule has 1 aliphatic heterocycles. The molecular weight excluding hydrogens is 476 g/mol. The van der Waals surface area contributed by atoms with E-state index in [1.807, 2.05) is 77.7 Å². The first-order chi connectivity index (χ1) is 18.6. The average Bonchev–Trinajstić information content (AvgIpc) is 3.40. The molecule has 0 fully saturated rings. The number of furan rings is 1. The van der Waals surface area contributed by atoms with E-state index >= 15 is 0 Å². The number of benzene rings is 4. The van der Waals surface area contributed by atoms with E-state index in [1.54, 1.807) is 31.4 Å². The lowest BCUT2D eigenvalue weighted by Gasteiger charge is -2.26. The molecule has 6 heteroatoms. The van der Waals surface area contributed by atoms with Gasteiger partial charge in [-0.05, 0) is 71.4 Å². The van der Waals surface area contributed by atoms with Crippen LogP contribution in [0.3, 0.4) is 0 Å². The highest BCUT2D eigenvalue weighted by Gasteiger charge is 2.25. The van der Waals surface area contributed by atoms with Crippen molar-refractivity contribution in [1.29, 1.82) is 0 Å². The first-order valence-electron chi connectivity index (χ1n) is 12.5. The number of rotatable bonds is 5. The van der Waals surface area contributed by atoms with Gasteiger partial charge in [0.25, 0.3) is 11.8 Å². The Morgan fingerprint density at radius 3 is 2.47 bits per heavy atom. The molecular formula is C32H26N2O4. The molecule has 0 atom stereocenters. The fraction of sp³-hybridized carbons (Fsp3) is 0.125. The third-order valence-corrected chi connectivity index (χ3v) is 6.91. The van der Waals surface area contributed by atoms with Crippen LogP contribution < -0.4 is 10.1 Å². The molecule has 1 aromatic heterocycles. The van der Waals surface area contributed by atoms with E-state index in [9.17, 15) is 9.59 Å². The molecule has 4 aromatic carbocycles. The number of carbonyl (C=O) groups is 2. The molecule has 0 bridgehead atoms. The standard InChI is InChI=1S/C32H26N2O4/c1-37-28-8-4-7-24(18-28)31(35)33-27-13-11-22(12-14-27)30-19-26-20-34(16-15-29(26)38-30)32(36)25-10-9-21-5-2-3-6-23(21)17-25/h2-14,17-19H,15-16,20H2,1H3,(H,33,35). The predicted octanol–water partition coefficient (Wildman–Crippen LogP) is 6.56. The van der Waals surface area contributed by atoms with Crippen LogP contribution in [0.25, 0.3) is 22.1 Å². The van der Waals surface area contributed by atoms with Crippen molar-refractivity contribution in [2.75, 3.05) is 19.0 Å². The maximum Gasteiger partial charge on any atom is 0.255 e. The number of anilines is 1.